The zero-order valence-electron chi connectivity index (χ0n) is 11.2. The van der Waals surface area contributed by atoms with E-state index in [4.69, 9.17) is 0 Å². The Bertz CT molecular complexity index is 577. The van der Waals surface area contributed by atoms with E-state index in [1.165, 1.54) is 17.7 Å². The molecule has 2 aromatic rings. The van der Waals surface area contributed by atoms with Crippen LogP contribution >= 0.6 is 0 Å². The summed E-state index contributed by atoms with van der Waals surface area (Å²) in [5, 5.41) is 3.30. The van der Waals surface area contributed by atoms with Crippen LogP contribution in [0.5, 0.6) is 0 Å². The van der Waals surface area contributed by atoms with E-state index in [9.17, 15) is 8.78 Å². The SMILES string of the molecule is Fc1ccc(F)c(CNC2CC(c3ccccc3)C2)c1. The summed E-state index contributed by atoms with van der Waals surface area (Å²) in [5.41, 5.74) is 1.76. The predicted octanol–water partition coefficient (Wildman–Crippen LogP) is 4.00. The molecule has 0 unspecified atom stereocenters. The van der Waals surface area contributed by atoms with Crippen LogP contribution in [0.25, 0.3) is 0 Å². The van der Waals surface area contributed by atoms with Crippen LogP contribution in [0.1, 0.15) is 29.9 Å². The number of hydrogen-bond acceptors (Lipinski definition) is 1. The van der Waals surface area contributed by atoms with Crippen molar-refractivity contribution in [1.82, 2.24) is 5.32 Å². The normalized spacial score (nSPS) is 21.5. The van der Waals surface area contributed by atoms with Crippen LogP contribution in [-0.4, -0.2) is 6.04 Å². The number of hydrogen-bond donors (Lipinski definition) is 1. The van der Waals surface area contributed by atoms with Gasteiger partial charge in [0, 0.05) is 18.2 Å². The zero-order chi connectivity index (χ0) is 13.9. The van der Waals surface area contributed by atoms with Crippen LogP contribution in [0.3, 0.4) is 0 Å². The molecule has 1 N–H and O–H groups in total. The van der Waals surface area contributed by atoms with Crippen LogP contribution in [-0.2, 0) is 6.54 Å². The maximum Gasteiger partial charge on any atom is 0.127 e. The summed E-state index contributed by atoms with van der Waals surface area (Å²) >= 11 is 0. The molecular formula is C17H17F2N. The van der Waals surface area contributed by atoms with Gasteiger partial charge in [0.2, 0.25) is 0 Å². The lowest BCUT2D eigenvalue weighted by Crippen LogP contribution is -2.39. The third-order valence-corrected chi connectivity index (χ3v) is 4.00. The molecule has 0 amide bonds. The molecule has 0 bridgehead atoms. The van der Waals surface area contributed by atoms with Gasteiger partial charge in [0.15, 0.2) is 0 Å². The molecule has 0 aromatic heterocycles. The first-order valence-electron chi connectivity index (χ1n) is 6.94. The Balaban J connectivity index is 1.51. The second kappa shape index (κ2) is 5.71. The van der Waals surface area contributed by atoms with Crippen LogP contribution < -0.4 is 5.32 Å². The van der Waals surface area contributed by atoms with Gasteiger partial charge in [-0.25, -0.2) is 8.78 Å². The molecule has 1 aliphatic rings. The molecule has 3 heteroatoms. The summed E-state index contributed by atoms with van der Waals surface area (Å²) in [6, 6.07) is 14.4. The van der Waals surface area contributed by atoms with Gasteiger partial charge in [0.05, 0.1) is 0 Å². The molecule has 1 fully saturated rings. The van der Waals surface area contributed by atoms with Crippen LogP contribution in [0.2, 0.25) is 0 Å². The Hall–Kier alpha value is -1.74. The summed E-state index contributed by atoms with van der Waals surface area (Å²) in [6.45, 7) is 0.385. The van der Waals surface area contributed by atoms with Crippen LogP contribution in [0.4, 0.5) is 8.78 Å². The highest BCUT2D eigenvalue weighted by molar-refractivity contribution is 5.23. The van der Waals surface area contributed by atoms with Gasteiger partial charge in [-0.05, 0) is 42.5 Å². The van der Waals surface area contributed by atoms with Gasteiger partial charge >= 0.3 is 0 Å². The van der Waals surface area contributed by atoms with Crippen molar-refractivity contribution in [2.75, 3.05) is 0 Å². The average Bonchev–Trinajstić information content (AvgIpc) is 2.42. The lowest BCUT2D eigenvalue weighted by atomic mass is 9.76. The fourth-order valence-electron chi connectivity index (χ4n) is 2.71. The summed E-state index contributed by atoms with van der Waals surface area (Å²) in [7, 11) is 0. The third-order valence-electron chi connectivity index (χ3n) is 4.00. The van der Waals surface area contributed by atoms with Gasteiger partial charge in [0.1, 0.15) is 11.6 Å². The first-order chi connectivity index (χ1) is 9.72. The van der Waals surface area contributed by atoms with Crippen molar-refractivity contribution in [2.45, 2.75) is 31.3 Å². The maximum atomic E-state index is 13.5. The molecule has 0 radical (unpaired) electrons. The van der Waals surface area contributed by atoms with Crippen molar-refractivity contribution < 1.29 is 8.78 Å². The largest absolute Gasteiger partial charge is 0.310 e. The summed E-state index contributed by atoms with van der Waals surface area (Å²) in [6.07, 6.45) is 2.11. The topological polar surface area (TPSA) is 12.0 Å². The molecule has 0 aliphatic heterocycles. The Labute approximate surface area is 117 Å². The molecule has 0 atom stereocenters. The molecule has 0 saturated heterocycles. The third kappa shape index (κ3) is 2.88. The van der Waals surface area contributed by atoms with Crippen LogP contribution in [0.15, 0.2) is 48.5 Å². The molecule has 0 heterocycles. The minimum absolute atomic E-state index is 0.349. The number of halogens is 2. The second-order valence-corrected chi connectivity index (χ2v) is 5.39. The van der Waals surface area contributed by atoms with Crippen molar-refractivity contribution in [2.24, 2.45) is 0 Å². The van der Waals surface area contributed by atoms with Gasteiger partial charge in [-0.2, -0.15) is 0 Å². The monoisotopic (exact) mass is 273 g/mol. The molecule has 104 valence electrons. The molecule has 1 saturated carbocycles. The van der Waals surface area contributed by atoms with Crippen molar-refractivity contribution in [3.63, 3.8) is 0 Å². The van der Waals surface area contributed by atoms with E-state index in [0.29, 0.717) is 24.1 Å². The highest BCUT2D eigenvalue weighted by atomic mass is 19.1. The molecular weight excluding hydrogens is 256 g/mol. The second-order valence-electron chi connectivity index (χ2n) is 5.39. The number of benzene rings is 2. The van der Waals surface area contributed by atoms with Crippen LogP contribution in [0, 0.1) is 11.6 Å². The number of rotatable bonds is 4. The Kier molecular flexibility index (Phi) is 3.79. The van der Waals surface area contributed by atoms with E-state index < -0.39 is 0 Å². The van der Waals surface area contributed by atoms with E-state index in [1.54, 1.807) is 0 Å². The average molecular weight is 273 g/mol. The van der Waals surface area contributed by atoms with E-state index in [0.717, 1.165) is 18.9 Å². The van der Waals surface area contributed by atoms with Crippen molar-refractivity contribution in [3.05, 3.63) is 71.3 Å². The summed E-state index contributed by atoms with van der Waals surface area (Å²) in [4.78, 5) is 0. The standard InChI is InChI=1S/C17H17F2N/c18-15-6-7-17(19)14(8-15)11-20-16-9-13(10-16)12-4-2-1-3-5-12/h1-8,13,16,20H,9-11H2. The van der Waals surface area contributed by atoms with Gasteiger partial charge in [-0.3, -0.25) is 0 Å². The molecule has 0 spiro atoms. The van der Waals surface area contributed by atoms with Gasteiger partial charge < -0.3 is 5.32 Å². The van der Waals surface area contributed by atoms with E-state index in [-0.39, 0.29) is 11.6 Å². The van der Waals surface area contributed by atoms with Crippen molar-refractivity contribution in [3.8, 4) is 0 Å². The lowest BCUT2D eigenvalue weighted by Gasteiger charge is -2.36. The Morgan fingerprint density at radius 2 is 1.75 bits per heavy atom. The summed E-state index contributed by atoms with van der Waals surface area (Å²) in [5.74, 6) is -0.150. The predicted molar refractivity (Wildman–Crippen MR) is 75.4 cm³/mol. The zero-order valence-corrected chi connectivity index (χ0v) is 11.2. The smallest absolute Gasteiger partial charge is 0.127 e. The van der Waals surface area contributed by atoms with E-state index in [2.05, 4.69) is 29.6 Å². The first kappa shape index (κ1) is 13.3. The van der Waals surface area contributed by atoms with Gasteiger partial charge in [-0.15, -0.1) is 0 Å². The molecule has 2 aromatic carbocycles. The van der Waals surface area contributed by atoms with Gasteiger partial charge in [-0.1, -0.05) is 30.3 Å². The molecule has 1 aliphatic carbocycles. The van der Waals surface area contributed by atoms with E-state index in [1.807, 2.05) is 6.07 Å². The minimum Gasteiger partial charge on any atom is -0.310 e. The first-order valence-corrected chi connectivity index (χ1v) is 6.94. The van der Waals surface area contributed by atoms with Crippen molar-refractivity contribution >= 4 is 0 Å². The van der Waals surface area contributed by atoms with Crippen molar-refractivity contribution in [1.29, 1.82) is 0 Å². The number of nitrogens with one attached hydrogen (secondary N) is 1. The fourth-order valence-corrected chi connectivity index (χ4v) is 2.71. The molecule has 1 nitrogen and oxygen atoms in total. The maximum absolute atomic E-state index is 13.5. The Morgan fingerprint density at radius 3 is 2.50 bits per heavy atom. The quantitative estimate of drug-likeness (QED) is 0.887. The molecule has 3 rings (SSSR count). The minimum atomic E-state index is -0.390. The lowest BCUT2D eigenvalue weighted by molar-refractivity contribution is 0.288. The van der Waals surface area contributed by atoms with Gasteiger partial charge in [0.25, 0.3) is 0 Å². The fraction of sp³-hybridized carbons (Fsp3) is 0.294. The Morgan fingerprint density at radius 1 is 1.00 bits per heavy atom. The highest BCUT2D eigenvalue weighted by Gasteiger charge is 2.29. The summed E-state index contributed by atoms with van der Waals surface area (Å²) < 4.78 is 26.5. The highest BCUT2D eigenvalue weighted by Crippen LogP contribution is 2.36. The molecule has 20 heavy (non-hydrogen) atoms. The van der Waals surface area contributed by atoms with E-state index >= 15 is 0 Å².